The highest BCUT2D eigenvalue weighted by atomic mass is 16.4. The Balaban J connectivity index is 1.78. The second-order valence-electron chi connectivity index (χ2n) is 12.3. The van der Waals surface area contributed by atoms with Crippen molar-refractivity contribution in [1.29, 1.82) is 0 Å². The topological polar surface area (TPSA) is 229 Å². The summed E-state index contributed by atoms with van der Waals surface area (Å²) in [6.45, 7) is 7.15. The van der Waals surface area contributed by atoms with Gasteiger partial charge >= 0.3 is 5.97 Å². The number of rotatable bonds is 17. The number of carboxylic acids is 1. The summed E-state index contributed by atoms with van der Waals surface area (Å²) in [5, 5.41) is 30.7. The van der Waals surface area contributed by atoms with Crippen LogP contribution >= 0.6 is 0 Å². The number of nitrogens with two attached hydrogens (primary N) is 1. The van der Waals surface area contributed by atoms with Crippen LogP contribution in [0, 0.1) is 11.8 Å². The van der Waals surface area contributed by atoms with E-state index in [1.807, 2.05) is 26.0 Å². The zero-order valence-corrected chi connectivity index (χ0v) is 27.0. The van der Waals surface area contributed by atoms with Crippen LogP contribution in [0.1, 0.15) is 52.5 Å². The number of carbonyl (C=O) groups is 5. The monoisotopic (exact) mass is 651 g/mol. The van der Waals surface area contributed by atoms with Crippen LogP contribution in [0.4, 0.5) is 5.95 Å². The maximum absolute atomic E-state index is 13.7. The molecule has 9 N–H and O–H groups in total. The molecule has 14 heteroatoms. The number of fused-ring (bicyclic) bond motifs is 1. The van der Waals surface area contributed by atoms with Crippen molar-refractivity contribution in [3.8, 4) is 0 Å². The SMILES string of the molecule is CC(C)C[C@H](NC(=O)[C@@H](NC(=O)[C@@H](N)CCC(=O)O)C(C)C)C(=O)N[C@@H](Cc1ccccc1)[C@@H](O)C(=O)Nc1nc2ccccc2[nH]1. The lowest BCUT2D eigenvalue weighted by Gasteiger charge is -2.29. The highest BCUT2D eigenvalue weighted by molar-refractivity contribution is 5.96. The zero-order chi connectivity index (χ0) is 34.7. The van der Waals surface area contributed by atoms with Crippen LogP contribution in [0.2, 0.25) is 0 Å². The molecule has 0 saturated carbocycles. The summed E-state index contributed by atoms with van der Waals surface area (Å²) < 4.78 is 0. The van der Waals surface area contributed by atoms with Crippen LogP contribution in [0.25, 0.3) is 11.0 Å². The van der Waals surface area contributed by atoms with Gasteiger partial charge in [-0.3, -0.25) is 29.3 Å². The van der Waals surface area contributed by atoms with E-state index < -0.39 is 65.8 Å². The molecular weight excluding hydrogens is 606 g/mol. The number of nitrogens with one attached hydrogen (secondary N) is 5. The number of anilines is 1. The third-order valence-electron chi connectivity index (χ3n) is 7.50. The maximum Gasteiger partial charge on any atom is 0.303 e. The summed E-state index contributed by atoms with van der Waals surface area (Å²) in [6, 6.07) is 11.8. The number of nitrogens with zero attached hydrogens (tertiary/aromatic N) is 1. The average Bonchev–Trinajstić information content (AvgIpc) is 3.43. The lowest BCUT2D eigenvalue weighted by Crippen LogP contribution is -2.59. The first-order chi connectivity index (χ1) is 22.2. The van der Waals surface area contributed by atoms with Crippen LogP contribution < -0.4 is 27.0 Å². The van der Waals surface area contributed by atoms with E-state index in [0.717, 1.165) is 5.56 Å². The van der Waals surface area contributed by atoms with Crippen molar-refractivity contribution in [3.63, 3.8) is 0 Å². The predicted molar refractivity (Wildman–Crippen MR) is 176 cm³/mol. The number of aromatic nitrogens is 2. The number of aromatic amines is 1. The van der Waals surface area contributed by atoms with Gasteiger partial charge in [-0.15, -0.1) is 0 Å². The number of aliphatic hydroxyl groups excluding tert-OH is 1. The second kappa shape index (κ2) is 17.2. The summed E-state index contributed by atoms with van der Waals surface area (Å²) in [4.78, 5) is 71.2. The van der Waals surface area contributed by atoms with E-state index >= 15 is 0 Å². The largest absolute Gasteiger partial charge is 0.481 e. The molecule has 47 heavy (non-hydrogen) atoms. The fourth-order valence-corrected chi connectivity index (χ4v) is 4.95. The van der Waals surface area contributed by atoms with Crippen LogP contribution in [0.15, 0.2) is 54.6 Å². The van der Waals surface area contributed by atoms with Crippen molar-refractivity contribution in [2.24, 2.45) is 17.6 Å². The molecule has 0 aliphatic carbocycles. The molecule has 1 heterocycles. The number of carbonyl (C=O) groups excluding carboxylic acids is 4. The molecule has 0 radical (unpaired) electrons. The van der Waals surface area contributed by atoms with Crippen molar-refractivity contribution in [3.05, 3.63) is 60.2 Å². The molecule has 4 amide bonds. The number of imidazole rings is 1. The van der Waals surface area contributed by atoms with E-state index in [-0.39, 0.29) is 37.5 Å². The summed E-state index contributed by atoms with van der Waals surface area (Å²) in [5.74, 6) is -4.16. The molecule has 0 fully saturated rings. The lowest BCUT2D eigenvalue weighted by atomic mass is 9.97. The fraction of sp³-hybridized carbons (Fsp3) is 0.455. The fourth-order valence-electron chi connectivity index (χ4n) is 4.95. The van der Waals surface area contributed by atoms with Crippen molar-refractivity contribution < 1.29 is 34.2 Å². The molecule has 254 valence electrons. The van der Waals surface area contributed by atoms with Gasteiger partial charge in [0.15, 0.2) is 6.10 Å². The Morgan fingerprint density at radius 3 is 2.13 bits per heavy atom. The second-order valence-corrected chi connectivity index (χ2v) is 12.3. The van der Waals surface area contributed by atoms with Crippen LogP contribution in [0.3, 0.4) is 0 Å². The van der Waals surface area contributed by atoms with E-state index in [9.17, 15) is 29.1 Å². The quantitative estimate of drug-likeness (QED) is 0.105. The first-order valence-electron chi connectivity index (χ1n) is 15.6. The number of aliphatic carboxylic acids is 1. The third-order valence-corrected chi connectivity index (χ3v) is 7.50. The number of H-pyrrole nitrogens is 1. The molecule has 0 bridgehead atoms. The van der Waals surface area contributed by atoms with E-state index in [2.05, 4.69) is 31.2 Å². The van der Waals surface area contributed by atoms with E-state index in [1.54, 1.807) is 56.3 Å². The Morgan fingerprint density at radius 2 is 1.51 bits per heavy atom. The average molecular weight is 652 g/mol. The van der Waals surface area contributed by atoms with Gasteiger partial charge in [-0.2, -0.15) is 0 Å². The van der Waals surface area contributed by atoms with Gasteiger partial charge in [0.25, 0.3) is 5.91 Å². The minimum absolute atomic E-state index is 0.0449. The van der Waals surface area contributed by atoms with Gasteiger partial charge in [0.2, 0.25) is 23.7 Å². The molecule has 0 saturated heterocycles. The zero-order valence-electron chi connectivity index (χ0n) is 27.0. The number of benzene rings is 2. The van der Waals surface area contributed by atoms with Gasteiger partial charge in [-0.25, -0.2) is 4.98 Å². The summed E-state index contributed by atoms with van der Waals surface area (Å²) >= 11 is 0. The van der Waals surface area contributed by atoms with Gasteiger partial charge in [0, 0.05) is 6.42 Å². The van der Waals surface area contributed by atoms with E-state index in [4.69, 9.17) is 10.8 Å². The minimum Gasteiger partial charge on any atom is -0.481 e. The molecule has 0 aliphatic rings. The number of hydrogen-bond donors (Lipinski definition) is 8. The minimum atomic E-state index is -1.70. The Bertz CT molecular complexity index is 1490. The highest BCUT2D eigenvalue weighted by Crippen LogP contribution is 2.15. The van der Waals surface area contributed by atoms with Gasteiger partial charge in [-0.1, -0.05) is 70.2 Å². The molecule has 0 aliphatic heterocycles. The first-order valence-corrected chi connectivity index (χ1v) is 15.6. The molecule has 2 aromatic carbocycles. The highest BCUT2D eigenvalue weighted by Gasteiger charge is 2.34. The predicted octanol–water partition coefficient (Wildman–Crippen LogP) is 1.45. The van der Waals surface area contributed by atoms with Crippen molar-refractivity contribution in [2.45, 2.75) is 83.6 Å². The van der Waals surface area contributed by atoms with Crippen LogP contribution in [-0.4, -0.2) is 80.1 Å². The number of para-hydroxylation sites is 2. The molecule has 1 aromatic heterocycles. The number of hydrogen-bond acceptors (Lipinski definition) is 8. The molecule has 3 aromatic rings. The van der Waals surface area contributed by atoms with Gasteiger partial charge in [0.1, 0.15) is 12.1 Å². The van der Waals surface area contributed by atoms with Gasteiger partial charge in [-0.05, 0) is 48.8 Å². The van der Waals surface area contributed by atoms with Gasteiger partial charge in [0.05, 0.1) is 23.1 Å². The Labute approximate surface area is 273 Å². The van der Waals surface area contributed by atoms with Crippen molar-refractivity contribution in [1.82, 2.24) is 25.9 Å². The van der Waals surface area contributed by atoms with Crippen LogP contribution in [-0.2, 0) is 30.4 Å². The summed E-state index contributed by atoms with van der Waals surface area (Å²) in [5.41, 5.74) is 7.90. The summed E-state index contributed by atoms with van der Waals surface area (Å²) in [7, 11) is 0. The van der Waals surface area contributed by atoms with Crippen molar-refractivity contribution >= 4 is 46.6 Å². The number of aliphatic hydroxyl groups is 1. The third kappa shape index (κ3) is 11.2. The number of amides is 4. The Kier molecular flexibility index (Phi) is 13.4. The van der Waals surface area contributed by atoms with E-state index in [1.165, 1.54) is 0 Å². The molecule has 14 nitrogen and oxygen atoms in total. The maximum atomic E-state index is 13.7. The lowest BCUT2D eigenvalue weighted by molar-refractivity contribution is -0.137. The van der Waals surface area contributed by atoms with Crippen molar-refractivity contribution in [2.75, 3.05) is 5.32 Å². The Morgan fingerprint density at radius 1 is 0.851 bits per heavy atom. The van der Waals surface area contributed by atoms with Crippen LogP contribution in [0.5, 0.6) is 0 Å². The normalized spacial score (nSPS) is 14.6. The molecule has 3 rings (SSSR count). The van der Waals surface area contributed by atoms with E-state index in [0.29, 0.717) is 11.0 Å². The standard InChI is InChI=1S/C33H45N7O7/c1-18(2)16-25(36-31(46)27(19(3)4)39-29(44)21(34)14-15-26(41)42)30(45)35-24(17-20-10-6-5-7-11-20)28(43)32(47)40-33-37-22-12-8-9-13-23(22)38-33/h5-13,18-19,21,24-25,27-28,43H,14-17,34H2,1-4H3,(H,35,45)(H,36,46)(H,39,44)(H,41,42)(H2,37,38,40,47)/t21-,24-,25-,27-,28+/m0/s1. The Hall–Kier alpha value is -4.82. The first kappa shape index (κ1) is 36.6. The molecule has 0 unspecified atom stereocenters. The molecular formula is C33H45N7O7. The van der Waals surface area contributed by atoms with Gasteiger partial charge < -0.3 is 36.9 Å². The summed E-state index contributed by atoms with van der Waals surface area (Å²) in [6.07, 6.45) is -1.80. The molecule has 0 spiro atoms. The smallest absolute Gasteiger partial charge is 0.303 e. The number of carboxylic acid groups (broad SMARTS) is 1. The molecule has 5 atom stereocenters.